The number of H-pyrrole nitrogens is 1. The van der Waals surface area contributed by atoms with Gasteiger partial charge in [-0.3, -0.25) is 4.98 Å². The van der Waals surface area contributed by atoms with Gasteiger partial charge in [-0.2, -0.15) is 25.3 Å². The fourth-order valence-electron chi connectivity index (χ4n) is 1.21. The fraction of sp³-hybridized carbons (Fsp3) is 0.125. The Morgan fingerprint density at radius 3 is 2.92 bits per heavy atom. The summed E-state index contributed by atoms with van der Waals surface area (Å²) in [6, 6.07) is 2.01. The molecule has 4 heteroatoms. The lowest BCUT2D eigenvalue weighted by atomic mass is 10.2. The highest BCUT2D eigenvalue weighted by Gasteiger charge is 2.06. The van der Waals surface area contributed by atoms with Gasteiger partial charge in [0.05, 0.1) is 16.3 Å². The summed E-state index contributed by atoms with van der Waals surface area (Å²) < 4.78 is -0.0722. The summed E-state index contributed by atoms with van der Waals surface area (Å²) >= 11 is 8.50. The van der Waals surface area contributed by atoms with Gasteiger partial charge in [0.1, 0.15) is 0 Å². The number of hydrogen-bond acceptors (Lipinski definition) is 3. The second-order valence-corrected chi connectivity index (χ2v) is 3.98. The molecule has 0 aliphatic carbocycles. The van der Waals surface area contributed by atoms with E-state index in [4.69, 9.17) is 0 Å². The van der Waals surface area contributed by atoms with E-state index in [2.05, 4.69) is 35.2 Å². The second-order valence-electron chi connectivity index (χ2n) is 2.54. The summed E-state index contributed by atoms with van der Waals surface area (Å²) in [4.78, 5) is 7.16. The molecule has 0 aliphatic rings. The van der Waals surface area contributed by atoms with E-state index in [-0.39, 0.29) is 4.58 Å². The number of pyridine rings is 1. The van der Waals surface area contributed by atoms with Crippen molar-refractivity contribution in [3.63, 3.8) is 0 Å². The van der Waals surface area contributed by atoms with Gasteiger partial charge in [-0.25, -0.2) is 0 Å². The van der Waals surface area contributed by atoms with Crippen molar-refractivity contribution in [1.29, 1.82) is 0 Å². The molecule has 2 aromatic heterocycles. The average molecular weight is 196 g/mol. The quantitative estimate of drug-likeness (QED) is 0.474. The molecule has 0 unspecified atom stereocenters. The van der Waals surface area contributed by atoms with Crippen molar-refractivity contribution in [2.75, 3.05) is 0 Å². The molecule has 1 N–H and O–H groups in total. The van der Waals surface area contributed by atoms with Gasteiger partial charge in [-0.15, -0.1) is 0 Å². The van der Waals surface area contributed by atoms with Gasteiger partial charge in [-0.05, 0) is 6.07 Å². The number of aromatic amines is 1. The van der Waals surface area contributed by atoms with Crippen LogP contribution >= 0.6 is 25.3 Å². The monoisotopic (exact) mass is 196 g/mol. The molecule has 0 saturated carbocycles. The number of fused-ring (bicyclic) bond motifs is 1. The maximum atomic E-state index is 4.25. The van der Waals surface area contributed by atoms with Crippen LogP contribution in [0.1, 0.15) is 10.1 Å². The molecule has 2 heterocycles. The van der Waals surface area contributed by atoms with Gasteiger partial charge in [0.15, 0.2) is 0 Å². The van der Waals surface area contributed by atoms with Gasteiger partial charge in [-0.1, -0.05) is 0 Å². The zero-order valence-electron chi connectivity index (χ0n) is 6.23. The van der Waals surface area contributed by atoms with E-state index in [1.54, 1.807) is 12.4 Å². The first-order valence-electron chi connectivity index (χ1n) is 3.56. The Hall–Kier alpha value is -0.610. The maximum Gasteiger partial charge on any atom is 0.0713 e. The first-order chi connectivity index (χ1) is 5.79. The van der Waals surface area contributed by atoms with Gasteiger partial charge in [0, 0.05) is 23.3 Å². The molecule has 0 saturated heterocycles. The molecule has 2 rings (SSSR count). The summed E-state index contributed by atoms with van der Waals surface area (Å²) in [5, 5.41) is 1.14. The van der Waals surface area contributed by atoms with Crippen molar-refractivity contribution in [1.82, 2.24) is 9.97 Å². The zero-order valence-corrected chi connectivity index (χ0v) is 8.02. The Labute approximate surface area is 81.2 Å². The predicted octanol–water partition coefficient (Wildman–Crippen LogP) is 2.42. The van der Waals surface area contributed by atoms with Crippen molar-refractivity contribution in [3.05, 3.63) is 30.2 Å². The lowest BCUT2D eigenvalue weighted by molar-refractivity contribution is 1.28. The Morgan fingerprint density at radius 1 is 1.33 bits per heavy atom. The van der Waals surface area contributed by atoms with Crippen LogP contribution in [-0.4, -0.2) is 9.97 Å². The maximum absolute atomic E-state index is 4.25. The van der Waals surface area contributed by atoms with Gasteiger partial charge in [0.2, 0.25) is 0 Å². The molecule has 2 nitrogen and oxygen atoms in total. The van der Waals surface area contributed by atoms with Crippen molar-refractivity contribution >= 4 is 36.2 Å². The number of nitrogens with one attached hydrogen (secondary N) is 1. The van der Waals surface area contributed by atoms with E-state index in [1.807, 2.05) is 12.3 Å². The van der Waals surface area contributed by atoms with Crippen molar-refractivity contribution in [2.24, 2.45) is 0 Å². The molecule has 0 fully saturated rings. The molecule has 12 heavy (non-hydrogen) atoms. The van der Waals surface area contributed by atoms with Crippen LogP contribution in [0.25, 0.3) is 10.9 Å². The highest BCUT2D eigenvalue weighted by atomic mass is 32.2. The highest BCUT2D eigenvalue weighted by molar-refractivity contribution is 7.98. The van der Waals surface area contributed by atoms with Gasteiger partial charge in [0.25, 0.3) is 0 Å². The summed E-state index contributed by atoms with van der Waals surface area (Å²) in [5.41, 5.74) is 2.07. The molecule has 0 bridgehead atoms. The molecule has 62 valence electrons. The average Bonchev–Trinajstić information content (AvgIpc) is 2.49. The van der Waals surface area contributed by atoms with Crippen LogP contribution in [0.15, 0.2) is 24.7 Å². The van der Waals surface area contributed by atoms with Crippen LogP contribution in [-0.2, 0) is 0 Å². The number of nitrogens with zero attached hydrogens (tertiary/aromatic N) is 1. The van der Waals surface area contributed by atoms with E-state index >= 15 is 0 Å². The van der Waals surface area contributed by atoms with Crippen LogP contribution in [0.4, 0.5) is 0 Å². The van der Waals surface area contributed by atoms with E-state index in [0.717, 1.165) is 16.5 Å². The van der Waals surface area contributed by atoms with E-state index < -0.39 is 0 Å². The molecular weight excluding hydrogens is 188 g/mol. The lowest BCUT2D eigenvalue weighted by Gasteiger charge is -2.03. The standard InChI is InChI=1S/C8H8N2S2/c11-8(12)6-3-9-4-7-5(6)1-2-10-7/h1-4,8,10-12H. The smallest absolute Gasteiger partial charge is 0.0713 e. The Balaban J connectivity index is 2.73. The summed E-state index contributed by atoms with van der Waals surface area (Å²) in [7, 11) is 0. The fourth-order valence-corrected chi connectivity index (χ4v) is 1.62. The molecule has 0 amide bonds. The van der Waals surface area contributed by atoms with Crippen molar-refractivity contribution < 1.29 is 0 Å². The minimum atomic E-state index is -0.0722. The van der Waals surface area contributed by atoms with E-state index in [1.165, 1.54) is 0 Å². The summed E-state index contributed by atoms with van der Waals surface area (Å²) in [6.07, 6.45) is 5.48. The molecule has 0 aliphatic heterocycles. The first kappa shape index (κ1) is 8.01. The predicted molar refractivity (Wildman–Crippen MR) is 56.8 cm³/mol. The molecular formula is C8H8N2S2. The largest absolute Gasteiger partial charge is 0.360 e. The zero-order chi connectivity index (χ0) is 8.55. The first-order valence-corrected chi connectivity index (χ1v) is 4.59. The van der Waals surface area contributed by atoms with Crippen LogP contribution in [0, 0.1) is 0 Å². The number of thiol groups is 2. The highest BCUT2D eigenvalue weighted by Crippen LogP contribution is 2.28. The topological polar surface area (TPSA) is 28.7 Å². The van der Waals surface area contributed by atoms with Crippen LogP contribution in [0.5, 0.6) is 0 Å². The molecule has 0 atom stereocenters. The van der Waals surface area contributed by atoms with Crippen LogP contribution < -0.4 is 0 Å². The summed E-state index contributed by atoms with van der Waals surface area (Å²) in [6.45, 7) is 0. The van der Waals surface area contributed by atoms with Gasteiger partial charge >= 0.3 is 0 Å². The normalized spacial score (nSPS) is 11.2. The Kier molecular flexibility index (Phi) is 2.02. The Bertz CT molecular complexity index is 395. The Morgan fingerprint density at radius 2 is 2.17 bits per heavy atom. The van der Waals surface area contributed by atoms with Crippen molar-refractivity contribution in [3.8, 4) is 0 Å². The van der Waals surface area contributed by atoms with Crippen molar-refractivity contribution in [2.45, 2.75) is 4.58 Å². The number of hydrogen-bond donors (Lipinski definition) is 3. The van der Waals surface area contributed by atoms with Crippen LogP contribution in [0.3, 0.4) is 0 Å². The molecule has 0 spiro atoms. The second kappa shape index (κ2) is 3.03. The van der Waals surface area contributed by atoms with Gasteiger partial charge < -0.3 is 4.98 Å². The minimum absolute atomic E-state index is 0.0722. The third-order valence-corrected chi connectivity index (χ3v) is 2.34. The van der Waals surface area contributed by atoms with E-state index in [9.17, 15) is 0 Å². The number of aromatic nitrogens is 2. The number of rotatable bonds is 1. The summed E-state index contributed by atoms with van der Waals surface area (Å²) in [5.74, 6) is 0. The molecule has 0 aromatic carbocycles. The lowest BCUT2D eigenvalue weighted by Crippen LogP contribution is -1.84. The van der Waals surface area contributed by atoms with E-state index in [0.29, 0.717) is 0 Å². The molecule has 2 aromatic rings. The minimum Gasteiger partial charge on any atom is -0.360 e. The van der Waals surface area contributed by atoms with Crippen LogP contribution in [0.2, 0.25) is 0 Å². The third kappa shape index (κ3) is 1.21. The third-order valence-electron chi connectivity index (χ3n) is 1.79. The molecule has 0 radical (unpaired) electrons. The SMILES string of the molecule is SC(S)c1cncc2[nH]ccc12.